The van der Waals surface area contributed by atoms with E-state index in [9.17, 15) is 14.4 Å². The highest BCUT2D eigenvalue weighted by Crippen LogP contribution is 2.24. The standard InChI is InChI=1S/C12H15NO7S/c1-6(14)18-9-4-17-12(13-5-21)11(20-8(3)16)10(9)19-7(2)15/h9-12H,4H2,1-3H3. The van der Waals surface area contributed by atoms with E-state index in [-0.39, 0.29) is 6.61 Å². The first-order valence-electron chi connectivity index (χ1n) is 6.05. The molecule has 0 bridgehead atoms. The summed E-state index contributed by atoms with van der Waals surface area (Å²) in [4.78, 5) is 37.3. The summed E-state index contributed by atoms with van der Waals surface area (Å²) in [5, 5.41) is 2.11. The summed E-state index contributed by atoms with van der Waals surface area (Å²) in [5.41, 5.74) is 0. The number of ether oxygens (including phenoxy) is 4. The normalized spacial score (nSPS) is 28.0. The summed E-state index contributed by atoms with van der Waals surface area (Å²) in [6.45, 7) is 3.48. The van der Waals surface area contributed by atoms with Gasteiger partial charge in [0, 0.05) is 20.8 Å². The second-order valence-electron chi connectivity index (χ2n) is 4.24. The molecule has 4 unspecified atom stereocenters. The first-order chi connectivity index (χ1) is 9.85. The number of hydrogen-bond acceptors (Lipinski definition) is 9. The Morgan fingerprint density at radius 1 is 1.05 bits per heavy atom. The lowest BCUT2D eigenvalue weighted by Gasteiger charge is -2.38. The van der Waals surface area contributed by atoms with Crippen LogP contribution in [0.15, 0.2) is 4.99 Å². The molecule has 0 aromatic carbocycles. The molecule has 9 heteroatoms. The van der Waals surface area contributed by atoms with Crippen molar-refractivity contribution >= 4 is 35.3 Å². The number of esters is 3. The van der Waals surface area contributed by atoms with E-state index in [0.29, 0.717) is 0 Å². The van der Waals surface area contributed by atoms with Gasteiger partial charge in [-0.1, -0.05) is 0 Å². The summed E-state index contributed by atoms with van der Waals surface area (Å²) in [7, 11) is 0. The van der Waals surface area contributed by atoms with Crippen molar-refractivity contribution in [1.29, 1.82) is 0 Å². The minimum absolute atomic E-state index is 0.0829. The molecule has 116 valence electrons. The van der Waals surface area contributed by atoms with Crippen molar-refractivity contribution in [3.63, 3.8) is 0 Å². The number of aliphatic imine (C=N–C) groups is 1. The van der Waals surface area contributed by atoms with Crippen LogP contribution in [-0.4, -0.2) is 54.2 Å². The molecule has 1 fully saturated rings. The largest absolute Gasteiger partial charge is 0.456 e. The van der Waals surface area contributed by atoms with Crippen LogP contribution in [0.5, 0.6) is 0 Å². The molecule has 0 saturated carbocycles. The number of carbonyl (C=O) groups is 3. The lowest BCUT2D eigenvalue weighted by molar-refractivity contribution is -0.224. The highest BCUT2D eigenvalue weighted by atomic mass is 32.1. The molecule has 0 amide bonds. The Labute approximate surface area is 126 Å². The first-order valence-corrected chi connectivity index (χ1v) is 6.46. The van der Waals surface area contributed by atoms with E-state index in [1.165, 1.54) is 20.8 Å². The maximum Gasteiger partial charge on any atom is 0.303 e. The van der Waals surface area contributed by atoms with Crippen LogP contribution < -0.4 is 0 Å². The molecule has 0 radical (unpaired) electrons. The predicted molar refractivity (Wildman–Crippen MR) is 71.4 cm³/mol. The van der Waals surface area contributed by atoms with Gasteiger partial charge in [-0.05, 0) is 12.2 Å². The van der Waals surface area contributed by atoms with E-state index in [1.807, 2.05) is 0 Å². The van der Waals surface area contributed by atoms with E-state index < -0.39 is 42.4 Å². The third-order valence-corrected chi connectivity index (χ3v) is 2.61. The molecular formula is C12H15NO7S. The number of hydrogen-bond donors (Lipinski definition) is 0. The molecule has 0 aromatic rings. The van der Waals surface area contributed by atoms with Gasteiger partial charge in [0.15, 0.2) is 24.5 Å². The van der Waals surface area contributed by atoms with Crippen LogP contribution in [0.4, 0.5) is 0 Å². The lowest BCUT2D eigenvalue weighted by Crippen LogP contribution is -2.56. The zero-order valence-electron chi connectivity index (χ0n) is 11.7. The van der Waals surface area contributed by atoms with Gasteiger partial charge >= 0.3 is 17.9 Å². The molecule has 4 atom stereocenters. The Morgan fingerprint density at radius 2 is 1.57 bits per heavy atom. The SMILES string of the molecule is CC(=O)OC1COC(N=C=S)C(OC(C)=O)C1OC(C)=O. The Hall–Kier alpha value is -1.83. The van der Waals surface area contributed by atoms with Crippen molar-refractivity contribution in [3.05, 3.63) is 0 Å². The van der Waals surface area contributed by atoms with Crippen molar-refractivity contribution < 1.29 is 33.3 Å². The van der Waals surface area contributed by atoms with E-state index >= 15 is 0 Å². The summed E-state index contributed by atoms with van der Waals surface area (Å²) in [5.74, 6) is -1.84. The molecule has 1 saturated heterocycles. The Kier molecular flexibility index (Phi) is 6.41. The predicted octanol–water partition coefficient (Wildman–Crippen LogP) is 0.241. The molecule has 1 heterocycles. The minimum atomic E-state index is -1.08. The Balaban J connectivity index is 3.05. The zero-order chi connectivity index (χ0) is 16.0. The molecule has 0 aliphatic carbocycles. The third kappa shape index (κ3) is 5.22. The van der Waals surface area contributed by atoms with Crippen molar-refractivity contribution in [2.45, 2.75) is 45.3 Å². The molecule has 1 aliphatic heterocycles. The van der Waals surface area contributed by atoms with Gasteiger partial charge in [-0.2, -0.15) is 4.99 Å². The molecule has 0 aromatic heterocycles. The van der Waals surface area contributed by atoms with Crippen LogP contribution in [0.3, 0.4) is 0 Å². The number of isothiocyanates is 1. The van der Waals surface area contributed by atoms with Gasteiger partial charge in [0.05, 0.1) is 11.8 Å². The maximum atomic E-state index is 11.2. The fourth-order valence-electron chi connectivity index (χ4n) is 1.89. The van der Waals surface area contributed by atoms with Crippen molar-refractivity contribution in [1.82, 2.24) is 0 Å². The number of carbonyl (C=O) groups excluding carboxylic acids is 3. The molecular weight excluding hydrogens is 302 g/mol. The van der Waals surface area contributed by atoms with Crippen LogP contribution in [0.2, 0.25) is 0 Å². The van der Waals surface area contributed by atoms with Crippen LogP contribution in [0.25, 0.3) is 0 Å². The monoisotopic (exact) mass is 317 g/mol. The van der Waals surface area contributed by atoms with Gasteiger partial charge in [0.2, 0.25) is 0 Å². The molecule has 0 N–H and O–H groups in total. The molecule has 8 nitrogen and oxygen atoms in total. The smallest absolute Gasteiger partial charge is 0.303 e. The van der Waals surface area contributed by atoms with Gasteiger partial charge in [-0.25, -0.2) is 0 Å². The van der Waals surface area contributed by atoms with Crippen LogP contribution in [0, 0.1) is 0 Å². The lowest BCUT2D eigenvalue weighted by atomic mass is 10.0. The molecule has 0 spiro atoms. The fourth-order valence-corrected chi connectivity index (χ4v) is 1.99. The van der Waals surface area contributed by atoms with Crippen LogP contribution in [0.1, 0.15) is 20.8 Å². The quantitative estimate of drug-likeness (QED) is 0.314. The highest BCUT2D eigenvalue weighted by Gasteiger charge is 2.46. The molecule has 1 rings (SSSR count). The molecule has 1 aliphatic rings. The zero-order valence-corrected chi connectivity index (χ0v) is 12.5. The van der Waals surface area contributed by atoms with Crippen LogP contribution in [-0.2, 0) is 33.3 Å². The Morgan fingerprint density at radius 3 is 2.05 bits per heavy atom. The van der Waals surface area contributed by atoms with Gasteiger partial charge in [0.25, 0.3) is 0 Å². The minimum Gasteiger partial charge on any atom is -0.456 e. The average Bonchev–Trinajstić information content (AvgIpc) is 2.35. The second kappa shape index (κ2) is 7.82. The number of rotatable bonds is 4. The van der Waals surface area contributed by atoms with E-state index in [4.69, 9.17) is 18.9 Å². The topological polar surface area (TPSA) is 100 Å². The first kappa shape index (κ1) is 17.2. The summed E-state index contributed by atoms with van der Waals surface area (Å²) in [6, 6.07) is 0. The number of thiocarbonyl (C=S) groups is 1. The summed E-state index contributed by atoms with van der Waals surface area (Å²) >= 11 is 4.49. The van der Waals surface area contributed by atoms with E-state index in [2.05, 4.69) is 22.4 Å². The second-order valence-corrected chi connectivity index (χ2v) is 4.42. The molecule has 21 heavy (non-hydrogen) atoms. The van der Waals surface area contributed by atoms with Crippen LogP contribution >= 0.6 is 12.2 Å². The van der Waals surface area contributed by atoms with Crippen molar-refractivity contribution in [3.8, 4) is 0 Å². The van der Waals surface area contributed by atoms with E-state index in [0.717, 1.165) is 0 Å². The van der Waals surface area contributed by atoms with Crippen molar-refractivity contribution in [2.75, 3.05) is 6.61 Å². The average molecular weight is 317 g/mol. The van der Waals surface area contributed by atoms with Gasteiger partial charge in [0.1, 0.15) is 0 Å². The fraction of sp³-hybridized carbons (Fsp3) is 0.667. The number of nitrogens with zero attached hydrogens (tertiary/aromatic N) is 1. The third-order valence-electron chi connectivity index (χ3n) is 2.50. The summed E-state index contributed by atoms with van der Waals surface area (Å²) in [6.07, 6.45) is -4.02. The highest BCUT2D eigenvalue weighted by molar-refractivity contribution is 7.78. The van der Waals surface area contributed by atoms with Crippen molar-refractivity contribution in [2.24, 2.45) is 4.99 Å². The van der Waals surface area contributed by atoms with E-state index in [1.54, 1.807) is 0 Å². The Bertz CT molecular complexity index is 474. The maximum absolute atomic E-state index is 11.2. The summed E-state index contributed by atoms with van der Waals surface area (Å²) < 4.78 is 20.5. The van der Waals surface area contributed by atoms with Gasteiger partial charge in [-0.3, -0.25) is 14.4 Å². The van der Waals surface area contributed by atoms with Gasteiger partial charge < -0.3 is 18.9 Å². The van der Waals surface area contributed by atoms with Gasteiger partial charge in [-0.15, -0.1) is 0 Å².